The molecule has 0 unspecified atom stereocenters. The highest BCUT2D eigenvalue weighted by Gasteiger charge is 2.25. The number of nitrogens with two attached hydrogens (primary N) is 1. The third-order valence-corrected chi connectivity index (χ3v) is 4.66. The Hall–Kier alpha value is -1.30. The first kappa shape index (κ1) is 11.8. The molecule has 3 rings (SSSR count). The molecular weight excluding hydrogens is 248 g/mol. The van der Waals surface area contributed by atoms with Crippen LogP contribution in [0, 0.1) is 0 Å². The zero-order valence-electron chi connectivity index (χ0n) is 10.3. The lowest BCUT2D eigenvalue weighted by atomic mass is 9.93. The molecule has 0 spiro atoms. The number of anilines is 2. The summed E-state index contributed by atoms with van der Waals surface area (Å²) >= 11 is 1.39. The molecule has 2 fully saturated rings. The van der Waals surface area contributed by atoms with E-state index in [-0.39, 0.29) is 5.91 Å². The van der Waals surface area contributed by atoms with Gasteiger partial charge in [0.25, 0.3) is 5.91 Å². The molecule has 1 aromatic rings. The van der Waals surface area contributed by atoms with Crippen molar-refractivity contribution in [3.05, 3.63) is 4.88 Å². The van der Waals surface area contributed by atoms with E-state index >= 15 is 0 Å². The molecule has 1 saturated heterocycles. The number of rotatable bonds is 3. The van der Waals surface area contributed by atoms with Crippen molar-refractivity contribution < 1.29 is 4.79 Å². The first-order valence-electron chi connectivity index (χ1n) is 6.56. The number of hydrogen-bond donors (Lipinski definition) is 2. The highest BCUT2D eigenvalue weighted by atomic mass is 32.1. The number of nitrogens with one attached hydrogen (secondary N) is 1. The maximum atomic E-state index is 12.2. The molecule has 1 aromatic heterocycles. The molecule has 1 aliphatic carbocycles. The quantitative estimate of drug-likeness (QED) is 0.877. The second kappa shape index (κ2) is 4.76. The minimum Gasteiger partial charge on any atom is -0.382 e. The van der Waals surface area contributed by atoms with E-state index in [2.05, 4.69) is 10.3 Å². The van der Waals surface area contributed by atoms with Crippen LogP contribution in [0.1, 0.15) is 41.8 Å². The highest BCUT2D eigenvalue weighted by Crippen LogP contribution is 2.30. The van der Waals surface area contributed by atoms with E-state index in [9.17, 15) is 4.79 Å². The molecule has 0 bridgehead atoms. The summed E-state index contributed by atoms with van der Waals surface area (Å²) in [6.07, 6.45) is 5.84. The third kappa shape index (κ3) is 2.16. The molecule has 18 heavy (non-hydrogen) atoms. The largest absolute Gasteiger partial charge is 0.382 e. The second-order valence-electron chi connectivity index (χ2n) is 5.00. The second-order valence-corrected chi connectivity index (χ2v) is 6.00. The van der Waals surface area contributed by atoms with Gasteiger partial charge >= 0.3 is 0 Å². The number of carbonyl (C=O) groups excluding carboxylic acids is 1. The normalized spacial score (nSPS) is 19.9. The van der Waals surface area contributed by atoms with E-state index in [4.69, 9.17) is 5.73 Å². The van der Waals surface area contributed by atoms with Gasteiger partial charge in [-0.3, -0.25) is 4.79 Å². The van der Waals surface area contributed by atoms with Crippen molar-refractivity contribution in [2.75, 3.05) is 24.1 Å². The maximum Gasteiger partial charge on any atom is 0.267 e. The minimum atomic E-state index is 0.0455. The average molecular weight is 266 g/mol. The maximum absolute atomic E-state index is 12.2. The fourth-order valence-corrected chi connectivity index (χ4v) is 3.27. The lowest BCUT2D eigenvalue weighted by Gasteiger charge is -2.25. The van der Waals surface area contributed by atoms with Gasteiger partial charge in [-0.05, 0) is 32.1 Å². The Balaban J connectivity index is 1.72. The van der Waals surface area contributed by atoms with Crippen molar-refractivity contribution in [3.8, 4) is 0 Å². The van der Waals surface area contributed by atoms with E-state index < -0.39 is 0 Å². The van der Waals surface area contributed by atoms with Gasteiger partial charge in [0.1, 0.15) is 10.7 Å². The van der Waals surface area contributed by atoms with Crippen LogP contribution in [-0.4, -0.2) is 34.9 Å². The predicted molar refractivity (Wildman–Crippen MR) is 72.9 cm³/mol. The molecule has 5 nitrogen and oxygen atoms in total. The minimum absolute atomic E-state index is 0.0455. The molecule has 1 saturated carbocycles. The van der Waals surface area contributed by atoms with E-state index in [0.717, 1.165) is 31.1 Å². The zero-order valence-corrected chi connectivity index (χ0v) is 11.1. The van der Waals surface area contributed by atoms with Gasteiger partial charge in [0.05, 0.1) is 0 Å². The Morgan fingerprint density at radius 2 is 2.06 bits per heavy atom. The Kier molecular flexibility index (Phi) is 3.11. The van der Waals surface area contributed by atoms with Crippen LogP contribution >= 0.6 is 11.3 Å². The molecule has 3 N–H and O–H groups in total. The first-order valence-corrected chi connectivity index (χ1v) is 7.38. The SMILES string of the molecule is Nc1nc(NC2CCC2)sc1C(=O)N1CCCC1. The summed E-state index contributed by atoms with van der Waals surface area (Å²) in [4.78, 5) is 19.0. The molecule has 98 valence electrons. The van der Waals surface area contributed by atoms with Gasteiger partial charge in [0, 0.05) is 19.1 Å². The number of aromatic nitrogens is 1. The summed E-state index contributed by atoms with van der Waals surface area (Å²) in [5.41, 5.74) is 5.86. The topological polar surface area (TPSA) is 71.2 Å². The smallest absolute Gasteiger partial charge is 0.267 e. The van der Waals surface area contributed by atoms with Crippen molar-refractivity contribution in [1.29, 1.82) is 0 Å². The standard InChI is InChI=1S/C12H18N4OS/c13-10-9(11(17)16-6-1-2-7-16)18-12(15-10)14-8-4-3-5-8/h8H,1-7,13H2,(H,14,15). The lowest BCUT2D eigenvalue weighted by Crippen LogP contribution is -2.27. The van der Waals surface area contributed by atoms with Gasteiger partial charge in [0.2, 0.25) is 0 Å². The summed E-state index contributed by atoms with van der Waals surface area (Å²) in [5.74, 6) is 0.419. The van der Waals surface area contributed by atoms with E-state index in [1.807, 2.05) is 4.90 Å². The Bertz CT molecular complexity index is 449. The van der Waals surface area contributed by atoms with E-state index in [1.165, 1.54) is 30.6 Å². The number of hydrogen-bond acceptors (Lipinski definition) is 5. The Morgan fingerprint density at radius 1 is 1.33 bits per heavy atom. The summed E-state index contributed by atoms with van der Waals surface area (Å²) < 4.78 is 0. The zero-order chi connectivity index (χ0) is 12.5. The molecule has 2 aliphatic rings. The van der Waals surface area contributed by atoms with Gasteiger partial charge in [-0.15, -0.1) is 0 Å². The molecular formula is C12H18N4OS. The molecule has 1 aliphatic heterocycles. The Labute approximate surface area is 110 Å². The summed E-state index contributed by atoms with van der Waals surface area (Å²) in [6, 6.07) is 0.519. The van der Waals surface area contributed by atoms with Crippen LogP contribution in [0.4, 0.5) is 10.9 Å². The summed E-state index contributed by atoms with van der Waals surface area (Å²) in [7, 11) is 0. The van der Waals surface area contributed by atoms with Crippen molar-refractivity contribution in [1.82, 2.24) is 9.88 Å². The number of carbonyl (C=O) groups is 1. The third-order valence-electron chi connectivity index (χ3n) is 3.67. The summed E-state index contributed by atoms with van der Waals surface area (Å²) in [5, 5.41) is 4.13. The van der Waals surface area contributed by atoms with Gasteiger partial charge in [-0.1, -0.05) is 11.3 Å². The van der Waals surface area contributed by atoms with Crippen molar-refractivity contribution in [2.24, 2.45) is 0 Å². The fraction of sp³-hybridized carbons (Fsp3) is 0.667. The van der Waals surface area contributed by atoms with Crippen molar-refractivity contribution in [3.63, 3.8) is 0 Å². The van der Waals surface area contributed by atoms with Gasteiger partial charge in [-0.25, -0.2) is 4.98 Å². The van der Waals surface area contributed by atoms with Crippen LogP contribution < -0.4 is 11.1 Å². The number of thiazole rings is 1. The molecule has 0 aromatic carbocycles. The summed E-state index contributed by atoms with van der Waals surface area (Å²) in [6.45, 7) is 1.70. The number of amides is 1. The first-order chi connectivity index (χ1) is 8.74. The van der Waals surface area contributed by atoms with Crippen LogP contribution in [0.3, 0.4) is 0 Å². The van der Waals surface area contributed by atoms with Crippen LogP contribution in [0.5, 0.6) is 0 Å². The number of nitrogen functional groups attached to an aromatic ring is 1. The van der Waals surface area contributed by atoms with Crippen molar-refractivity contribution >= 4 is 28.2 Å². The number of nitrogens with zero attached hydrogens (tertiary/aromatic N) is 2. The molecule has 6 heteroatoms. The van der Waals surface area contributed by atoms with Gasteiger partial charge in [-0.2, -0.15) is 0 Å². The van der Waals surface area contributed by atoms with Crippen LogP contribution in [0.2, 0.25) is 0 Å². The molecule has 0 radical (unpaired) electrons. The van der Waals surface area contributed by atoms with E-state index in [1.54, 1.807) is 0 Å². The fourth-order valence-electron chi connectivity index (χ4n) is 2.34. The van der Waals surface area contributed by atoms with Crippen molar-refractivity contribution in [2.45, 2.75) is 38.1 Å². The predicted octanol–water partition coefficient (Wildman–Crippen LogP) is 1.93. The molecule has 2 heterocycles. The number of likely N-dealkylation sites (tertiary alicyclic amines) is 1. The lowest BCUT2D eigenvalue weighted by molar-refractivity contribution is 0.0798. The van der Waals surface area contributed by atoms with E-state index in [0.29, 0.717) is 16.7 Å². The highest BCUT2D eigenvalue weighted by molar-refractivity contribution is 7.18. The van der Waals surface area contributed by atoms with Crippen LogP contribution in [0.25, 0.3) is 0 Å². The van der Waals surface area contributed by atoms with Gasteiger partial charge < -0.3 is 16.0 Å². The average Bonchev–Trinajstić information content (AvgIpc) is 2.92. The molecule has 1 amide bonds. The Morgan fingerprint density at radius 3 is 2.67 bits per heavy atom. The monoisotopic (exact) mass is 266 g/mol. The van der Waals surface area contributed by atoms with Gasteiger partial charge in [0.15, 0.2) is 5.13 Å². The van der Waals surface area contributed by atoms with Crippen LogP contribution in [0.15, 0.2) is 0 Å². The molecule has 0 atom stereocenters. The van der Waals surface area contributed by atoms with Crippen LogP contribution in [-0.2, 0) is 0 Å².